The fraction of sp³-hybridized carbons (Fsp3) is 0.200. The van der Waals surface area contributed by atoms with E-state index in [0.717, 1.165) is 5.56 Å². The zero-order chi connectivity index (χ0) is 21.2. The van der Waals surface area contributed by atoms with Crippen LogP contribution in [-0.4, -0.2) is 43.4 Å². The number of esters is 1. The van der Waals surface area contributed by atoms with Crippen LogP contribution in [0.5, 0.6) is 5.75 Å². The first kappa shape index (κ1) is 21.8. The van der Waals surface area contributed by atoms with Gasteiger partial charge in [-0.3, -0.25) is 19.7 Å². The molecule has 8 nitrogen and oxygen atoms in total. The number of hydrogen-bond acceptors (Lipinski definition) is 7. The molecule has 0 fully saturated rings. The normalized spacial score (nSPS) is 11.5. The molecule has 0 spiro atoms. The summed E-state index contributed by atoms with van der Waals surface area (Å²) in [4.78, 5) is 47.6. The van der Waals surface area contributed by atoms with E-state index in [1.807, 2.05) is 0 Å². The summed E-state index contributed by atoms with van der Waals surface area (Å²) in [7, 11) is 1.56. The molecular weight excluding hydrogens is 396 g/mol. The van der Waals surface area contributed by atoms with E-state index in [1.54, 1.807) is 55.0 Å². The van der Waals surface area contributed by atoms with Gasteiger partial charge in [0.15, 0.2) is 6.61 Å². The predicted octanol–water partition coefficient (Wildman–Crippen LogP) is 1.77. The highest BCUT2D eigenvalue weighted by Crippen LogP contribution is 2.12. The monoisotopic (exact) mass is 416 g/mol. The molecule has 2 aromatic rings. The molecule has 1 heterocycles. The number of nitrogens with one attached hydrogen (secondary N) is 2. The molecule has 0 aliphatic rings. The van der Waals surface area contributed by atoms with E-state index in [9.17, 15) is 19.2 Å². The molecule has 0 aliphatic heterocycles. The second-order valence-electron chi connectivity index (χ2n) is 5.80. The summed E-state index contributed by atoms with van der Waals surface area (Å²) in [5, 5.41) is 6.25. The van der Waals surface area contributed by atoms with Crippen LogP contribution in [0.25, 0.3) is 6.08 Å². The van der Waals surface area contributed by atoms with E-state index in [4.69, 9.17) is 9.47 Å². The molecular formula is C20H20N2O6S. The quantitative estimate of drug-likeness (QED) is 0.501. The Hall–Kier alpha value is -3.46. The van der Waals surface area contributed by atoms with Gasteiger partial charge in [-0.2, -0.15) is 0 Å². The SMILES string of the molecule is COc1ccc(/C=C/C(=O)N[C@@H](C)C(=O)OCC(=O)NC(=O)c2cccs2)cc1. The van der Waals surface area contributed by atoms with Crippen molar-refractivity contribution in [2.45, 2.75) is 13.0 Å². The number of rotatable bonds is 8. The molecule has 2 rings (SSSR count). The van der Waals surface area contributed by atoms with Crippen molar-refractivity contribution in [3.05, 3.63) is 58.3 Å². The zero-order valence-corrected chi connectivity index (χ0v) is 16.7. The number of thiophene rings is 1. The Kier molecular flexibility index (Phi) is 8.11. The van der Waals surface area contributed by atoms with Crippen molar-refractivity contribution in [3.8, 4) is 5.75 Å². The van der Waals surface area contributed by atoms with Gasteiger partial charge in [0, 0.05) is 6.08 Å². The zero-order valence-electron chi connectivity index (χ0n) is 15.8. The number of ether oxygens (including phenoxy) is 2. The third-order valence-electron chi connectivity index (χ3n) is 3.60. The second-order valence-corrected chi connectivity index (χ2v) is 6.75. The van der Waals surface area contributed by atoms with Crippen molar-refractivity contribution in [2.75, 3.05) is 13.7 Å². The summed E-state index contributed by atoms with van der Waals surface area (Å²) >= 11 is 1.18. The van der Waals surface area contributed by atoms with Gasteiger partial charge in [-0.05, 0) is 42.1 Å². The Labute approximate surface area is 171 Å². The smallest absolute Gasteiger partial charge is 0.328 e. The molecule has 3 amide bonds. The standard InChI is InChI=1S/C20H20N2O6S/c1-13(21-17(23)10-7-14-5-8-15(27-2)9-6-14)20(26)28-12-18(24)22-19(25)16-4-3-11-29-16/h3-11,13H,12H2,1-2H3,(H,21,23)(H,22,24,25)/b10-7+/t13-/m0/s1. The van der Waals surface area contributed by atoms with E-state index in [2.05, 4.69) is 10.6 Å². The second kappa shape index (κ2) is 10.8. The van der Waals surface area contributed by atoms with Gasteiger partial charge in [-0.1, -0.05) is 18.2 Å². The Morgan fingerprint density at radius 2 is 1.86 bits per heavy atom. The molecule has 0 unspecified atom stereocenters. The summed E-state index contributed by atoms with van der Waals surface area (Å²) < 4.78 is 9.87. The van der Waals surface area contributed by atoms with Gasteiger partial charge in [-0.25, -0.2) is 4.79 Å². The number of carbonyl (C=O) groups is 4. The molecule has 0 radical (unpaired) electrons. The summed E-state index contributed by atoms with van der Waals surface area (Å²) in [5.74, 6) is -1.91. The van der Waals surface area contributed by atoms with E-state index < -0.39 is 36.3 Å². The van der Waals surface area contributed by atoms with Crippen LogP contribution in [0.2, 0.25) is 0 Å². The lowest BCUT2D eigenvalue weighted by molar-refractivity contribution is -0.150. The number of carbonyl (C=O) groups excluding carboxylic acids is 4. The van der Waals surface area contributed by atoms with Crippen molar-refractivity contribution >= 4 is 41.1 Å². The van der Waals surface area contributed by atoms with Crippen LogP contribution in [0.4, 0.5) is 0 Å². The molecule has 0 aliphatic carbocycles. The van der Waals surface area contributed by atoms with Gasteiger partial charge in [0.1, 0.15) is 11.8 Å². The van der Waals surface area contributed by atoms with E-state index in [0.29, 0.717) is 10.6 Å². The van der Waals surface area contributed by atoms with Gasteiger partial charge in [0.25, 0.3) is 11.8 Å². The summed E-state index contributed by atoms with van der Waals surface area (Å²) in [6.07, 6.45) is 2.86. The Balaban J connectivity index is 1.74. The minimum absolute atomic E-state index is 0.369. The molecule has 1 aromatic heterocycles. The minimum Gasteiger partial charge on any atom is -0.497 e. The predicted molar refractivity (Wildman–Crippen MR) is 107 cm³/mol. The van der Waals surface area contributed by atoms with Crippen LogP contribution in [0.15, 0.2) is 47.9 Å². The number of imide groups is 1. The molecule has 1 atom stereocenters. The van der Waals surface area contributed by atoms with Crippen molar-refractivity contribution in [2.24, 2.45) is 0 Å². The minimum atomic E-state index is -0.969. The molecule has 152 valence electrons. The molecule has 1 aromatic carbocycles. The maximum Gasteiger partial charge on any atom is 0.328 e. The highest BCUT2D eigenvalue weighted by Gasteiger charge is 2.18. The molecule has 0 saturated heterocycles. The van der Waals surface area contributed by atoms with Crippen LogP contribution in [0, 0.1) is 0 Å². The maximum absolute atomic E-state index is 11.9. The van der Waals surface area contributed by atoms with Crippen LogP contribution in [-0.2, 0) is 19.1 Å². The topological polar surface area (TPSA) is 111 Å². The highest BCUT2D eigenvalue weighted by atomic mass is 32.1. The van der Waals surface area contributed by atoms with Gasteiger partial charge in [0.2, 0.25) is 5.91 Å². The number of hydrogen-bond donors (Lipinski definition) is 2. The lowest BCUT2D eigenvalue weighted by atomic mass is 10.2. The number of amides is 3. The van der Waals surface area contributed by atoms with Gasteiger partial charge < -0.3 is 14.8 Å². The van der Waals surface area contributed by atoms with E-state index >= 15 is 0 Å². The lowest BCUT2D eigenvalue weighted by Gasteiger charge is -2.12. The fourth-order valence-electron chi connectivity index (χ4n) is 2.10. The van der Waals surface area contributed by atoms with Crippen LogP contribution >= 0.6 is 11.3 Å². The number of methoxy groups -OCH3 is 1. The van der Waals surface area contributed by atoms with E-state index in [-0.39, 0.29) is 0 Å². The van der Waals surface area contributed by atoms with Gasteiger partial charge >= 0.3 is 5.97 Å². The Morgan fingerprint density at radius 3 is 2.48 bits per heavy atom. The van der Waals surface area contributed by atoms with Gasteiger partial charge in [0.05, 0.1) is 12.0 Å². The van der Waals surface area contributed by atoms with Crippen LogP contribution in [0.1, 0.15) is 22.2 Å². The first-order chi connectivity index (χ1) is 13.9. The summed E-state index contributed by atoms with van der Waals surface area (Å²) in [6.45, 7) is 0.800. The largest absolute Gasteiger partial charge is 0.497 e. The first-order valence-corrected chi connectivity index (χ1v) is 9.44. The van der Waals surface area contributed by atoms with Crippen molar-refractivity contribution in [1.29, 1.82) is 0 Å². The molecule has 29 heavy (non-hydrogen) atoms. The van der Waals surface area contributed by atoms with Gasteiger partial charge in [-0.15, -0.1) is 11.3 Å². The third-order valence-corrected chi connectivity index (χ3v) is 4.47. The average molecular weight is 416 g/mol. The van der Waals surface area contributed by atoms with Crippen LogP contribution < -0.4 is 15.4 Å². The maximum atomic E-state index is 11.9. The lowest BCUT2D eigenvalue weighted by Crippen LogP contribution is -2.41. The van der Waals surface area contributed by atoms with Crippen molar-refractivity contribution in [3.63, 3.8) is 0 Å². The highest BCUT2D eigenvalue weighted by molar-refractivity contribution is 7.12. The first-order valence-electron chi connectivity index (χ1n) is 8.56. The fourth-order valence-corrected chi connectivity index (χ4v) is 2.72. The summed E-state index contributed by atoms with van der Waals surface area (Å²) in [5.41, 5.74) is 0.781. The average Bonchev–Trinajstić information content (AvgIpc) is 3.26. The third kappa shape index (κ3) is 7.23. The summed E-state index contributed by atoms with van der Waals surface area (Å²) in [6, 6.07) is 9.34. The Morgan fingerprint density at radius 1 is 1.14 bits per heavy atom. The molecule has 9 heteroatoms. The Bertz CT molecular complexity index is 890. The number of benzene rings is 1. The van der Waals surface area contributed by atoms with Crippen molar-refractivity contribution in [1.82, 2.24) is 10.6 Å². The molecule has 0 bridgehead atoms. The van der Waals surface area contributed by atoms with Crippen molar-refractivity contribution < 1.29 is 28.7 Å². The van der Waals surface area contributed by atoms with E-state index in [1.165, 1.54) is 24.3 Å². The molecule has 2 N–H and O–H groups in total. The molecule has 0 saturated carbocycles. The van der Waals surface area contributed by atoms with Crippen LogP contribution in [0.3, 0.4) is 0 Å².